The number of para-hydroxylation sites is 1. The highest BCUT2D eigenvalue weighted by molar-refractivity contribution is 5.92. The van der Waals surface area contributed by atoms with Crippen LogP contribution in [-0.4, -0.2) is 38.9 Å². The van der Waals surface area contributed by atoms with Crippen molar-refractivity contribution in [3.8, 4) is 17.3 Å². The molecular weight excluding hydrogens is 344 g/mol. The fraction of sp³-hybridized carbons (Fsp3) is 0.250. The molecule has 0 saturated carbocycles. The largest absolute Gasteiger partial charge is 0.364 e. The van der Waals surface area contributed by atoms with Gasteiger partial charge in [0.25, 0.3) is 11.8 Å². The third-order valence-corrected chi connectivity index (χ3v) is 3.63. The van der Waals surface area contributed by atoms with Crippen molar-refractivity contribution in [2.75, 3.05) is 7.05 Å². The minimum absolute atomic E-state index is 0. The van der Waals surface area contributed by atoms with E-state index in [9.17, 15) is 4.79 Å². The Kier molecular flexibility index (Phi) is 5.89. The lowest BCUT2D eigenvalue weighted by molar-refractivity contribution is 0.0993. The minimum Gasteiger partial charge on any atom is -0.364 e. The van der Waals surface area contributed by atoms with Crippen molar-refractivity contribution in [2.24, 2.45) is 5.73 Å². The first kappa shape index (κ1) is 18.6. The zero-order valence-electron chi connectivity index (χ0n) is 13.8. The molecule has 1 amide bonds. The van der Waals surface area contributed by atoms with E-state index in [0.29, 0.717) is 17.9 Å². The Labute approximate surface area is 150 Å². The summed E-state index contributed by atoms with van der Waals surface area (Å²) in [4.78, 5) is 16.0. The van der Waals surface area contributed by atoms with E-state index in [0.717, 1.165) is 5.69 Å². The summed E-state index contributed by atoms with van der Waals surface area (Å²) in [5.74, 6) is 0.244. The smallest absolute Gasteiger partial charge is 0.278 e. The topological polar surface area (TPSA) is 112 Å². The van der Waals surface area contributed by atoms with Crippen molar-refractivity contribution in [1.82, 2.24) is 25.2 Å². The van der Waals surface area contributed by atoms with Gasteiger partial charge >= 0.3 is 0 Å². The van der Waals surface area contributed by atoms with Gasteiger partial charge in [0.15, 0.2) is 11.5 Å². The highest BCUT2D eigenvalue weighted by Crippen LogP contribution is 2.20. The third kappa shape index (κ3) is 4.04. The van der Waals surface area contributed by atoms with E-state index < -0.39 is 5.91 Å². The van der Waals surface area contributed by atoms with Gasteiger partial charge in [0.2, 0.25) is 0 Å². The first-order chi connectivity index (χ1) is 11.6. The maximum atomic E-state index is 11.7. The summed E-state index contributed by atoms with van der Waals surface area (Å²) in [7, 11) is 1.87. The molecule has 2 aromatic heterocycles. The Morgan fingerprint density at radius 3 is 2.72 bits per heavy atom. The normalized spacial score (nSPS) is 11.8. The molecule has 1 aromatic carbocycles. The number of nitrogens with two attached hydrogens (primary N) is 1. The van der Waals surface area contributed by atoms with E-state index in [1.807, 2.05) is 44.3 Å². The Hall–Kier alpha value is -2.71. The predicted molar refractivity (Wildman–Crippen MR) is 94.8 cm³/mol. The number of likely N-dealkylation sites (N-methyl/N-ethyl adjacent to an activating group) is 1. The second-order valence-corrected chi connectivity index (χ2v) is 5.44. The Bertz CT molecular complexity index is 845. The summed E-state index contributed by atoms with van der Waals surface area (Å²) in [6.07, 6.45) is 0.627. The van der Waals surface area contributed by atoms with Gasteiger partial charge in [0.05, 0.1) is 5.69 Å². The second-order valence-electron chi connectivity index (χ2n) is 5.44. The fourth-order valence-corrected chi connectivity index (χ4v) is 2.24. The lowest BCUT2D eigenvalue weighted by atomic mass is 10.2. The van der Waals surface area contributed by atoms with Gasteiger partial charge in [-0.3, -0.25) is 4.79 Å². The number of hydrogen-bond acceptors (Lipinski definition) is 6. The predicted octanol–water partition coefficient (Wildman–Crippen LogP) is 1.59. The van der Waals surface area contributed by atoms with E-state index in [1.165, 1.54) is 4.68 Å². The van der Waals surface area contributed by atoms with E-state index >= 15 is 0 Å². The average Bonchev–Trinajstić information content (AvgIpc) is 3.22. The standard InChI is InChI=1S/C16H18N6O2.ClH/c1-10(18-2)8-14-19-16(24-21-14)12-9-13(15(17)23)22(20-12)11-6-4-3-5-7-11;/h3-7,9-10,18H,8H2,1-2H3,(H2,17,23);1H. The SMILES string of the molecule is CNC(C)Cc1noc(-c2cc(C(N)=O)n(-c3ccccc3)n2)n1.Cl. The zero-order valence-corrected chi connectivity index (χ0v) is 14.7. The number of hydrogen-bond donors (Lipinski definition) is 2. The molecular formula is C16H19ClN6O2. The molecule has 2 heterocycles. The number of carbonyl (C=O) groups is 1. The number of carbonyl (C=O) groups excluding carboxylic acids is 1. The molecule has 3 N–H and O–H groups in total. The minimum atomic E-state index is -0.582. The van der Waals surface area contributed by atoms with Gasteiger partial charge in [-0.2, -0.15) is 10.1 Å². The van der Waals surface area contributed by atoms with E-state index in [2.05, 4.69) is 20.6 Å². The lowest BCUT2D eigenvalue weighted by Crippen LogP contribution is -2.24. The van der Waals surface area contributed by atoms with E-state index in [1.54, 1.807) is 6.07 Å². The molecule has 0 spiro atoms. The van der Waals surface area contributed by atoms with Crippen LogP contribution in [0.25, 0.3) is 17.3 Å². The number of benzene rings is 1. The summed E-state index contributed by atoms with van der Waals surface area (Å²) >= 11 is 0. The van der Waals surface area contributed by atoms with Crippen molar-refractivity contribution >= 4 is 18.3 Å². The van der Waals surface area contributed by atoms with Gasteiger partial charge in [-0.25, -0.2) is 4.68 Å². The van der Waals surface area contributed by atoms with Crippen LogP contribution in [0.1, 0.15) is 23.2 Å². The summed E-state index contributed by atoms with van der Waals surface area (Å²) in [5.41, 5.74) is 6.84. The summed E-state index contributed by atoms with van der Waals surface area (Å²) < 4.78 is 6.73. The van der Waals surface area contributed by atoms with E-state index in [-0.39, 0.29) is 30.0 Å². The van der Waals surface area contributed by atoms with Crippen molar-refractivity contribution in [2.45, 2.75) is 19.4 Å². The van der Waals surface area contributed by atoms with Gasteiger partial charge in [-0.05, 0) is 26.1 Å². The lowest BCUT2D eigenvalue weighted by Gasteiger charge is -2.04. The quantitative estimate of drug-likeness (QED) is 0.688. The molecule has 0 aliphatic heterocycles. The summed E-state index contributed by atoms with van der Waals surface area (Å²) in [6.45, 7) is 2.02. The average molecular weight is 363 g/mol. The molecule has 1 atom stereocenters. The van der Waals surface area contributed by atoms with Crippen LogP contribution in [0.2, 0.25) is 0 Å². The molecule has 0 aliphatic carbocycles. The monoisotopic (exact) mass is 362 g/mol. The van der Waals surface area contributed by atoms with Crippen LogP contribution in [0, 0.1) is 0 Å². The number of nitrogens with one attached hydrogen (secondary N) is 1. The number of nitrogens with zero attached hydrogens (tertiary/aromatic N) is 4. The number of aromatic nitrogens is 4. The Balaban J connectivity index is 0.00000225. The molecule has 9 heteroatoms. The first-order valence-electron chi connectivity index (χ1n) is 7.54. The molecule has 8 nitrogen and oxygen atoms in total. The van der Waals surface area contributed by atoms with Crippen LogP contribution < -0.4 is 11.1 Å². The molecule has 132 valence electrons. The third-order valence-electron chi connectivity index (χ3n) is 3.63. The zero-order chi connectivity index (χ0) is 17.1. The molecule has 3 rings (SSSR count). The molecule has 0 saturated heterocycles. The molecule has 25 heavy (non-hydrogen) atoms. The number of amides is 1. The molecule has 0 aliphatic rings. The highest BCUT2D eigenvalue weighted by Gasteiger charge is 2.19. The molecule has 0 fully saturated rings. The maximum absolute atomic E-state index is 11.7. The van der Waals surface area contributed by atoms with Gasteiger partial charge < -0.3 is 15.6 Å². The Morgan fingerprint density at radius 1 is 1.36 bits per heavy atom. The highest BCUT2D eigenvalue weighted by atomic mass is 35.5. The van der Waals surface area contributed by atoms with Crippen LogP contribution in [0.4, 0.5) is 0 Å². The van der Waals surface area contributed by atoms with Crippen LogP contribution >= 0.6 is 12.4 Å². The van der Waals surface area contributed by atoms with Crippen LogP contribution in [0.15, 0.2) is 40.9 Å². The summed E-state index contributed by atoms with van der Waals surface area (Å²) in [5, 5.41) is 11.4. The van der Waals surface area contributed by atoms with Gasteiger partial charge in [-0.15, -0.1) is 12.4 Å². The van der Waals surface area contributed by atoms with Gasteiger partial charge in [0, 0.05) is 18.5 Å². The van der Waals surface area contributed by atoms with Crippen molar-refractivity contribution in [1.29, 1.82) is 0 Å². The van der Waals surface area contributed by atoms with Crippen LogP contribution in [-0.2, 0) is 6.42 Å². The van der Waals surface area contributed by atoms with E-state index in [4.69, 9.17) is 10.3 Å². The van der Waals surface area contributed by atoms with Crippen molar-refractivity contribution in [3.63, 3.8) is 0 Å². The number of primary amides is 1. The first-order valence-corrected chi connectivity index (χ1v) is 7.54. The van der Waals surface area contributed by atoms with Crippen molar-refractivity contribution in [3.05, 3.63) is 47.9 Å². The van der Waals surface area contributed by atoms with Gasteiger partial charge in [0.1, 0.15) is 5.69 Å². The van der Waals surface area contributed by atoms with Crippen molar-refractivity contribution < 1.29 is 9.32 Å². The van der Waals surface area contributed by atoms with Crippen LogP contribution in [0.3, 0.4) is 0 Å². The number of rotatable bonds is 6. The molecule has 1 unspecified atom stereocenters. The Morgan fingerprint density at radius 2 is 2.08 bits per heavy atom. The maximum Gasteiger partial charge on any atom is 0.278 e. The fourth-order valence-electron chi connectivity index (χ4n) is 2.24. The van der Waals surface area contributed by atoms with Gasteiger partial charge in [-0.1, -0.05) is 23.4 Å². The summed E-state index contributed by atoms with van der Waals surface area (Å²) in [6, 6.07) is 11.0. The molecule has 0 radical (unpaired) electrons. The number of halogens is 1. The molecule has 3 aromatic rings. The second kappa shape index (κ2) is 7.91. The van der Waals surface area contributed by atoms with Crippen LogP contribution in [0.5, 0.6) is 0 Å². The molecule has 0 bridgehead atoms.